The number of rotatable bonds is 11. The van der Waals surface area contributed by atoms with Crippen molar-refractivity contribution in [2.75, 3.05) is 13.3 Å². The van der Waals surface area contributed by atoms with Crippen LogP contribution in [0.1, 0.15) is 77.6 Å². The van der Waals surface area contributed by atoms with Crippen molar-refractivity contribution in [1.82, 2.24) is 40.4 Å². The van der Waals surface area contributed by atoms with E-state index in [-0.39, 0.29) is 30.2 Å². The minimum atomic E-state index is -1.83. The van der Waals surface area contributed by atoms with Gasteiger partial charge in [0.05, 0.1) is 56.2 Å². The van der Waals surface area contributed by atoms with E-state index < -0.39 is 74.2 Å². The Hall–Kier alpha value is -5.84. The molecule has 9 rings (SSSR count). The van der Waals surface area contributed by atoms with Crippen molar-refractivity contribution in [3.63, 3.8) is 0 Å². The lowest BCUT2D eigenvalue weighted by atomic mass is 9.93. The molecule has 4 amide bonds. The molecule has 3 aromatic carbocycles. The Morgan fingerprint density at radius 3 is 2.18 bits per heavy atom. The summed E-state index contributed by atoms with van der Waals surface area (Å²) in [7, 11) is -0.520. The van der Waals surface area contributed by atoms with Crippen molar-refractivity contribution in [1.29, 1.82) is 0 Å². The summed E-state index contributed by atoms with van der Waals surface area (Å²) >= 11 is 0. The summed E-state index contributed by atoms with van der Waals surface area (Å²) in [5, 5.41) is 7.47. The Kier molecular flexibility index (Phi) is 11.3. The number of nitrogens with one attached hydrogen (secondary N) is 4. The molecule has 17 heteroatoms. The molecular weight excluding hydrogens is 851 g/mol. The number of carbonyl (C=O) groups excluding carboxylic acids is 4. The number of H-pyrrole nitrogens is 2. The van der Waals surface area contributed by atoms with Gasteiger partial charge < -0.3 is 39.9 Å². The molecule has 4 heterocycles. The van der Waals surface area contributed by atoms with Gasteiger partial charge in [-0.2, -0.15) is 0 Å². The van der Waals surface area contributed by atoms with E-state index in [2.05, 4.69) is 56.9 Å². The normalized spacial score (nSPS) is 25.0. The number of fused-ring (bicyclic) bond motifs is 5. The van der Waals surface area contributed by atoms with Crippen LogP contribution in [0.25, 0.3) is 44.2 Å². The fraction of sp³-hybridized carbons (Fsp3) is 0.500. The minimum absolute atomic E-state index is 0.139. The molecule has 2 aromatic heterocycles. The largest absolute Gasteiger partial charge is 0.453 e. The van der Waals surface area contributed by atoms with Crippen LogP contribution in [0.5, 0.6) is 0 Å². The highest BCUT2D eigenvalue weighted by molar-refractivity contribution is 6.78. The Morgan fingerprint density at radius 1 is 0.846 bits per heavy atom. The Labute approximate surface area is 377 Å². The van der Waals surface area contributed by atoms with Gasteiger partial charge in [-0.05, 0) is 78.3 Å². The molecule has 4 N–H and O–H groups in total. The number of carbonyl (C=O) groups is 4. The zero-order valence-electron chi connectivity index (χ0n) is 38.1. The molecule has 2 aliphatic heterocycles. The van der Waals surface area contributed by atoms with Crippen molar-refractivity contribution in [3.8, 4) is 22.4 Å². The maximum atomic E-state index is 15.4. The summed E-state index contributed by atoms with van der Waals surface area (Å²) < 4.78 is 41.1. The first-order valence-corrected chi connectivity index (χ1v) is 26.1. The fourth-order valence-electron chi connectivity index (χ4n) is 10.2. The van der Waals surface area contributed by atoms with Crippen LogP contribution in [0.2, 0.25) is 19.1 Å². The number of hydrogen-bond donors (Lipinski definition) is 4. The lowest BCUT2D eigenvalue weighted by molar-refractivity contribution is -0.143. The number of aromatic nitrogens is 4. The van der Waals surface area contributed by atoms with E-state index in [1.165, 1.54) is 12.0 Å². The second-order valence-electron chi connectivity index (χ2n) is 20.2. The molecule has 0 unspecified atom stereocenters. The first-order chi connectivity index (χ1) is 30.8. The molecular formula is C48H58F2N8O6Si. The number of amides is 4. The van der Waals surface area contributed by atoms with Gasteiger partial charge in [0.1, 0.15) is 35.5 Å². The molecule has 4 fully saturated rings. The molecule has 344 valence electrons. The number of hydrogen-bond acceptors (Lipinski definition) is 8. The molecule has 65 heavy (non-hydrogen) atoms. The molecule has 14 nitrogen and oxygen atoms in total. The van der Waals surface area contributed by atoms with Crippen LogP contribution in [0.3, 0.4) is 0 Å². The average Bonchev–Trinajstić information content (AvgIpc) is 3.83. The van der Waals surface area contributed by atoms with Crippen molar-refractivity contribution in [2.45, 2.75) is 121 Å². The molecule has 0 spiro atoms. The van der Waals surface area contributed by atoms with E-state index in [9.17, 15) is 19.2 Å². The molecule has 2 saturated carbocycles. The Morgan fingerprint density at radius 2 is 1.51 bits per heavy atom. The number of imidazole rings is 2. The van der Waals surface area contributed by atoms with Gasteiger partial charge in [0, 0.05) is 17.5 Å². The fourth-order valence-corrected chi connectivity index (χ4v) is 13.1. The lowest BCUT2D eigenvalue weighted by Gasteiger charge is -2.40. The van der Waals surface area contributed by atoms with Crippen molar-refractivity contribution in [2.24, 2.45) is 17.8 Å². The zero-order chi connectivity index (χ0) is 46.3. The maximum Gasteiger partial charge on any atom is 0.408 e. The Balaban J connectivity index is 0.936. The Bertz CT molecular complexity index is 2660. The van der Waals surface area contributed by atoms with Crippen molar-refractivity contribution < 1.29 is 37.4 Å². The number of ether oxygens (including phenoxy) is 2. The highest BCUT2D eigenvalue weighted by Crippen LogP contribution is 2.53. The maximum absolute atomic E-state index is 15.4. The van der Waals surface area contributed by atoms with E-state index in [1.54, 1.807) is 20.0 Å². The predicted octanol–water partition coefficient (Wildman–Crippen LogP) is 8.54. The van der Waals surface area contributed by atoms with Crippen molar-refractivity contribution >= 4 is 53.9 Å². The van der Waals surface area contributed by atoms with E-state index in [1.807, 2.05) is 62.1 Å². The number of alkyl halides is 2. The minimum Gasteiger partial charge on any atom is -0.453 e. The predicted molar refractivity (Wildman–Crippen MR) is 245 cm³/mol. The van der Waals surface area contributed by atoms with E-state index in [4.69, 9.17) is 14.5 Å². The average molecular weight is 909 g/mol. The summed E-state index contributed by atoms with van der Waals surface area (Å²) in [6.45, 7) is 13.8. The smallest absolute Gasteiger partial charge is 0.408 e. The standard InChI is InChI=1S/C48H58F2N8O6Si/c1-24(2)38(55-46(61)63-6)44(59)57-23-65(7,8)22-35(57)42-52-32-16-14-29-19-28(13-15-30(29)40(32)54-42)26-9-11-27(12-10-26)33-21-51-43(53-33)41-31-20-34(37(50)36(31)49)58(41)45(60)39(25(3)4)56-47(62)64-48(5)17-18-48/h9-16,19,21,24-25,31,34-39,41H,17-18,20,22-23H2,1-8H3,(H,51,53)(H,52,54)(H,55,61)(H,56,62)/t31-,34+,35+,36+,37-,38+,39+,41+/m1/s1. The van der Waals surface area contributed by atoms with Gasteiger partial charge in [0.15, 0.2) is 6.17 Å². The van der Waals surface area contributed by atoms with E-state index in [0.29, 0.717) is 17.7 Å². The van der Waals surface area contributed by atoms with E-state index in [0.717, 1.165) is 63.2 Å². The quantitative estimate of drug-likeness (QED) is 0.0955. The van der Waals surface area contributed by atoms with Gasteiger partial charge in [0.25, 0.3) is 0 Å². The number of alkyl carbamates (subject to hydrolysis) is 2. The van der Waals surface area contributed by atoms with Crippen LogP contribution >= 0.6 is 0 Å². The molecule has 2 aliphatic carbocycles. The zero-order valence-corrected chi connectivity index (χ0v) is 39.1. The second kappa shape index (κ2) is 16.5. The number of benzene rings is 3. The van der Waals surface area contributed by atoms with Gasteiger partial charge in [-0.1, -0.05) is 83.3 Å². The number of nitrogens with zero attached hydrogens (tertiary/aromatic N) is 4. The number of aromatic amines is 2. The summed E-state index contributed by atoms with van der Waals surface area (Å²) in [5.74, 6) is -0.791. The highest BCUT2D eigenvalue weighted by atomic mass is 28.3. The third kappa shape index (κ3) is 8.24. The molecule has 0 radical (unpaired) electrons. The number of halogens is 2. The van der Waals surface area contributed by atoms with Crippen LogP contribution < -0.4 is 10.6 Å². The molecule has 4 aliphatic rings. The summed E-state index contributed by atoms with van der Waals surface area (Å²) in [6.07, 6.45) is -0.955. The van der Waals surface area contributed by atoms with Gasteiger partial charge in [0.2, 0.25) is 11.8 Å². The topological polar surface area (TPSA) is 175 Å². The third-order valence-electron chi connectivity index (χ3n) is 14.0. The first-order valence-electron chi connectivity index (χ1n) is 22.7. The van der Waals surface area contributed by atoms with Crippen molar-refractivity contribution in [3.05, 3.63) is 72.4 Å². The molecule has 5 aromatic rings. The second-order valence-corrected chi connectivity index (χ2v) is 25.3. The summed E-state index contributed by atoms with van der Waals surface area (Å²) in [6, 6.07) is 15.3. The van der Waals surface area contributed by atoms with Crippen LogP contribution in [0.4, 0.5) is 18.4 Å². The van der Waals surface area contributed by atoms with Gasteiger partial charge in [-0.25, -0.2) is 28.3 Å². The van der Waals surface area contributed by atoms with Gasteiger partial charge in [-0.3, -0.25) is 9.59 Å². The number of likely N-dealkylation sites (tertiary alicyclic amines) is 1. The highest BCUT2D eigenvalue weighted by Gasteiger charge is 2.62. The monoisotopic (exact) mass is 908 g/mol. The number of methoxy groups -OCH3 is 1. The van der Waals surface area contributed by atoms with Crippen LogP contribution in [-0.2, 0) is 19.1 Å². The summed E-state index contributed by atoms with van der Waals surface area (Å²) in [4.78, 5) is 73.1. The van der Waals surface area contributed by atoms with Crippen LogP contribution in [-0.4, -0.2) is 111 Å². The first kappa shape index (κ1) is 44.4. The van der Waals surface area contributed by atoms with Crippen LogP contribution in [0.15, 0.2) is 60.8 Å². The molecule has 8 atom stereocenters. The third-order valence-corrected chi connectivity index (χ3v) is 16.7. The lowest BCUT2D eigenvalue weighted by Crippen LogP contribution is -2.57. The summed E-state index contributed by atoms with van der Waals surface area (Å²) in [5.41, 5.74) is 4.62. The van der Waals surface area contributed by atoms with Gasteiger partial charge in [-0.15, -0.1) is 0 Å². The SMILES string of the molecule is COC(=O)N[C@H](C(=O)N1C[Si](C)(C)C[C@H]1c1nc2ccc3cc(-c4ccc(-c5cnc([C@@H]6[C@@H]7C[C@@H]([C@@H](F)[C@H]7F)N6C(=O)[C@@H](NC(=O)OC6(C)CC6)C(C)C)[nH]5)cc4)ccc3c2[nH]1)C(C)C. The molecule has 2 saturated heterocycles. The van der Waals surface area contributed by atoms with Crippen LogP contribution in [0, 0.1) is 17.8 Å². The van der Waals surface area contributed by atoms with Gasteiger partial charge >= 0.3 is 12.2 Å². The number of piperidine rings is 1. The van der Waals surface area contributed by atoms with E-state index >= 15 is 8.78 Å². The molecule has 2 bridgehead atoms.